The van der Waals surface area contributed by atoms with Crippen LogP contribution in [-0.4, -0.2) is 16.5 Å². The lowest BCUT2D eigenvalue weighted by atomic mass is 9.94. The predicted octanol–water partition coefficient (Wildman–Crippen LogP) is 5.14. The molecular formula is C22H16N2O4. The maximum Gasteiger partial charge on any atom is 0.293 e. The summed E-state index contributed by atoms with van der Waals surface area (Å²) >= 11 is 0. The van der Waals surface area contributed by atoms with Crippen LogP contribution in [0.3, 0.4) is 0 Å². The summed E-state index contributed by atoms with van der Waals surface area (Å²) in [5.74, 6) is -0.621. The van der Waals surface area contributed by atoms with Gasteiger partial charge in [-0.05, 0) is 42.8 Å². The van der Waals surface area contributed by atoms with Gasteiger partial charge in [0, 0.05) is 17.2 Å². The van der Waals surface area contributed by atoms with E-state index in [0.29, 0.717) is 28.2 Å². The van der Waals surface area contributed by atoms with Crippen LogP contribution in [0.4, 0.5) is 22.7 Å². The predicted molar refractivity (Wildman–Crippen MR) is 106 cm³/mol. The van der Waals surface area contributed by atoms with E-state index in [1.165, 1.54) is 6.07 Å². The molecule has 6 nitrogen and oxygen atoms in total. The summed E-state index contributed by atoms with van der Waals surface area (Å²) in [4.78, 5) is 38.4. The minimum absolute atomic E-state index is 0.0925. The van der Waals surface area contributed by atoms with Gasteiger partial charge in [-0.15, -0.1) is 0 Å². The fourth-order valence-electron chi connectivity index (χ4n) is 3.50. The maximum atomic E-state index is 12.7. The van der Waals surface area contributed by atoms with Crippen molar-refractivity contribution < 1.29 is 14.5 Å². The molecule has 0 aliphatic carbocycles. The number of anilines is 3. The van der Waals surface area contributed by atoms with Crippen molar-refractivity contribution >= 4 is 34.3 Å². The number of Topliss-reactive ketones (excluding diaryl/α,β-unsaturated/α-hetero) is 2. The number of nitrogens with zero attached hydrogens (tertiary/aromatic N) is 2. The van der Waals surface area contributed by atoms with E-state index in [1.54, 1.807) is 72.5 Å². The normalized spacial score (nSPS) is 13.4. The second kappa shape index (κ2) is 6.74. The smallest absolute Gasteiger partial charge is 0.293 e. The van der Waals surface area contributed by atoms with Gasteiger partial charge in [0.25, 0.3) is 5.69 Å². The Hall–Kier alpha value is -3.80. The lowest BCUT2D eigenvalue weighted by molar-refractivity contribution is -0.384. The van der Waals surface area contributed by atoms with E-state index >= 15 is 0 Å². The highest BCUT2D eigenvalue weighted by atomic mass is 16.6. The number of benzene rings is 3. The average Bonchev–Trinajstić information content (AvgIpc) is 2.69. The van der Waals surface area contributed by atoms with Gasteiger partial charge in [0.1, 0.15) is 5.69 Å². The summed E-state index contributed by atoms with van der Waals surface area (Å²) in [5.41, 5.74) is 2.71. The summed E-state index contributed by atoms with van der Waals surface area (Å²) in [6.45, 7) is 1.78. The third-order valence-corrected chi connectivity index (χ3v) is 4.78. The van der Waals surface area contributed by atoms with E-state index in [4.69, 9.17) is 0 Å². The SMILES string of the molecule is Cc1ccc(N2c3ccccc3C(=O)CC(=O)c3ccccc32)c([N+](=O)[O-])c1. The summed E-state index contributed by atoms with van der Waals surface area (Å²) in [6.07, 6.45) is -0.238. The monoisotopic (exact) mass is 372 g/mol. The molecule has 0 amide bonds. The van der Waals surface area contributed by atoms with Gasteiger partial charge in [0.05, 0.1) is 22.7 Å². The minimum Gasteiger partial charge on any atom is -0.303 e. The fraction of sp³-hybridized carbons (Fsp3) is 0.0909. The zero-order chi connectivity index (χ0) is 19.8. The van der Waals surface area contributed by atoms with Crippen molar-refractivity contribution in [1.29, 1.82) is 0 Å². The van der Waals surface area contributed by atoms with Crippen LogP contribution in [0, 0.1) is 17.0 Å². The number of hydrogen-bond donors (Lipinski definition) is 0. The van der Waals surface area contributed by atoms with Crippen molar-refractivity contribution in [2.75, 3.05) is 4.90 Å². The Morgan fingerprint density at radius 2 is 1.36 bits per heavy atom. The van der Waals surface area contributed by atoms with Gasteiger partial charge >= 0.3 is 0 Å². The van der Waals surface area contributed by atoms with Crippen molar-refractivity contribution in [2.24, 2.45) is 0 Å². The quantitative estimate of drug-likeness (QED) is 0.353. The molecule has 6 heteroatoms. The van der Waals surface area contributed by atoms with Gasteiger partial charge in [-0.25, -0.2) is 0 Å². The Bertz CT molecular complexity index is 1080. The van der Waals surface area contributed by atoms with Crippen molar-refractivity contribution in [3.05, 3.63) is 93.5 Å². The first-order valence-corrected chi connectivity index (χ1v) is 8.77. The Labute approximate surface area is 161 Å². The van der Waals surface area contributed by atoms with E-state index in [1.807, 2.05) is 0 Å². The molecule has 4 rings (SSSR count). The standard InChI is InChI=1S/C22H16N2O4/c1-14-10-11-19(20(12-14)24(27)28)23-17-8-4-2-6-15(17)21(25)13-22(26)16-7-3-5-9-18(16)23/h2-12H,13H2,1H3. The molecule has 0 aromatic heterocycles. The van der Waals surface area contributed by atoms with Crippen molar-refractivity contribution in [3.63, 3.8) is 0 Å². The van der Waals surface area contributed by atoms with Gasteiger partial charge in [0.15, 0.2) is 11.6 Å². The molecule has 0 bridgehead atoms. The highest BCUT2D eigenvalue weighted by Crippen LogP contribution is 2.44. The zero-order valence-electron chi connectivity index (χ0n) is 15.1. The molecule has 0 fully saturated rings. The molecule has 1 aliphatic heterocycles. The summed E-state index contributed by atoms with van der Waals surface area (Å²) in [6, 6.07) is 18.7. The van der Waals surface area contributed by atoms with E-state index in [2.05, 4.69) is 0 Å². The van der Waals surface area contributed by atoms with Gasteiger partial charge < -0.3 is 4.90 Å². The second-order valence-corrected chi connectivity index (χ2v) is 6.64. The first kappa shape index (κ1) is 17.6. The van der Waals surface area contributed by atoms with Crippen molar-refractivity contribution in [3.8, 4) is 0 Å². The van der Waals surface area contributed by atoms with E-state index in [9.17, 15) is 19.7 Å². The number of rotatable bonds is 2. The molecule has 0 unspecified atom stereocenters. The number of carbonyl (C=O) groups excluding carboxylic acids is 2. The lowest BCUT2D eigenvalue weighted by Gasteiger charge is -2.30. The first-order chi connectivity index (χ1) is 13.5. The van der Waals surface area contributed by atoms with Crippen LogP contribution < -0.4 is 4.90 Å². The van der Waals surface area contributed by atoms with Crippen LogP contribution >= 0.6 is 0 Å². The van der Waals surface area contributed by atoms with Crippen LogP contribution in [0.15, 0.2) is 66.7 Å². The molecule has 0 N–H and O–H groups in total. The molecule has 0 saturated heterocycles. The van der Waals surface area contributed by atoms with Gasteiger partial charge in [-0.3, -0.25) is 19.7 Å². The number of nitro benzene ring substituents is 1. The molecular weight excluding hydrogens is 356 g/mol. The number of hydrogen-bond acceptors (Lipinski definition) is 5. The summed E-state index contributed by atoms with van der Waals surface area (Å²) in [7, 11) is 0. The minimum atomic E-state index is -0.448. The van der Waals surface area contributed by atoms with Crippen molar-refractivity contribution in [1.82, 2.24) is 0 Å². The Kier molecular flexibility index (Phi) is 4.24. The molecule has 1 heterocycles. The van der Waals surface area contributed by atoms with Crippen LogP contribution in [0.25, 0.3) is 0 Å². The van der Waals surface area contributed by atoms with Crippen LogP contribution in [0.1, 0.15) is 32.7 Å². The van der Waals surface area contributed by atoms with Crippen LogP contribution in [-0.2, 0) is 0 Å². The molecule has 138 valence electrons. The molecule has 0 atom stereocenters. The molecule has 28 heavy (non-hydrogen) atoms. The van der Waals surface area contributed by atoms with Gasteiger partial charge in [-0.2, -0.15) is 0 Å². The average molecular weight is 372 g/mol. The fourth-order valence-corrected chi connectivity index (χ4v) is 3.50. The number of aryl methyl sites for hydroxylation is 1. The van der Waals surface area contributed by atoms with E-state index in [-0.39, 0.29) is 23.7 Å². The molecule has 0 saturated carbocycles. The third kappa shape index (κ3) is 2.85. The molecule has 3 aromatic carbocycles. The summed E-state index contributed by atoms with van der Waals surface area (Å²) < 4.78 is 0. The second-order valence-electron chi connectivity index (χ2n) is 6.64. The van der Waals surface area contributed by atoms with E-state index < -0.39 is 4.92 Å². The lowest BCUT2D eigenvalue weighted by Crippen LogP contribution is -2.22. The topological polar surface area (TPSA) is 80.5 Å². The molecule has 0 spiro atoms. The number of fused-ring (bicyclic) bond motifs is 2. The Balaban J connectivity index is 2.10. The highest BCUT2D eigenvalue weighted by Gasteiger charge is 2.31. The number of carbonyl (C=O) groups is 2. The van der Waals surface area contributed by atoms with Crippen molar-refractivity contribution in [2.45, 2.75) is 13.3 Å². The zero-order valence-corrected chi connectivity index (χ0v) is 15.1. The largest absolute Gasteiger partial charge is 0.303 e. The summed E-state index contributed by atoms with van der Waals surface area (Å²) in [5, 5.41) is 11.8. The number of para-hydroxylation sites is 2. The Morgan fingerprint density at radius 1 is 0.821 bits per heavy atom. The van der Waals surface area contributed by atoms with Gasteiger partial charge in [0.2, 0.25) is 0 Å². The molecule has 1 aliphatic rings. The van der Waals surface area contributed by atoms with Crippen LogP contribution in [0.5, 0.6) is 0 Å². The third-order valence-electron chi connectivity index (χ3n) is 4.78. The first-order valence-electron chi connectivity index (χ1n) is 8.77. The van der Waals surface area contributed by atoms with Gasteiger partial charge in [-0.1, -0.05) is 30.3 Å². The van der Waals surface area contributed by atoms with E-state index in [0.717, 1.165) is 5.56 Å². The molecule has 0 radical (unpaired) electrons. The van der Waals surface area contributed by atoms with Crippen LogP contribution in [0.2, 0.25) is 0 Å². The number of nitro groups is 1. The Morgan fingerprint density at radius 3 is 1.89 bits per heavy atom. The highest BCUT2D eigenvalue weighted by molar-refractivity contribution is 6.20. The maximum absolute atomic E-state index is 12.7. The number of ketones is 2. The molecule has 3 aromatic rings.